The van der Waals surface area contributed by atoms with Gasteiger partial charge in [-0.15, -0.1) is 0 Å². The number of aliphatic hydroxyl groups is 1. The fourth-order valence-corrected chi connectivity index (χ4v) is 1.38. The molecule has 16 heavy (non-hydrogen) atoms. The smallest absolute Gasteiger partial charge is 0.119 e. The summed E-state index contributed by atoms with van der Waals surface area (Å²) in [6, 6.07) is 7.54. The van der Waals surface area contributed by atoms with Crippen molar-refractivity contribution >= 4 is 0 Å². The highest BCUT2D eigenvalue weighted by Crippen LogP contribution is 2.17. The molecule has 0 unspecified atom stereocenters. The first-order chi connectivity index (χ1) is 7.74. The first kappa shape index (κ1) is 13.0. The summed E-state index contributed by atoms with van der Waals surface area (Å²) in [5.41, 5.74) is 0.909. The van der Waals surface area contributed by atoms with E-state index in [-0.39, 0.29) is 0 Å². The third kappa shape index (κ3) is 4.64. The Hall–Kier alpha value is -1.06. The van der Waals surface area contributed by atoms with Gasteiger partial charge in [0, 0.05) is 13.7 Å². The molecule has 1 N–H and O–H groups in total. The second-order valence-electron chi connectivity index (χ2n) is 3.79. The average molecular weight is 224 g/mol. The van der Waals surface area contributed by atoms with Crippen molar-refractivity contribution in [3.05, 3.63) is 29.8 Å². The van der Waals surface area contributed by atoms with Crippen LogP contribution in [0.3, 0.4) is 0 Å². The minimum Gasteiger partial charge on any atom is -0.494 e. The molecule has 0 aromatic heterocycles. The minimum atomic E-state index is -0.421. The third-order valence-corrected chi connectivity index (χ3v) is 2.37. The maximum Gasteiger partial charge on any atom is 0.119 e. The number of aliphatic hydroxyl groups excluding tert-OH is 1. The molecular formula is C13H20O3. The average Bonchev–Trinajstić information content (AvgIpc) is 2.29. The van der Waals surface area contributed by atoms with Gasteiger partial charge < -0.3 is 14.6 Å². The van der Waals surface area contributed by atoms with Gasteiger partial charge in [0.2, 0.25) is 0 Å². The van der Waals surface area contributed by atoms with Crippen molar-refractivity contribution in [2.75, 3.05) is 20.3 Å². The van der Waals surface area contributed by atoms with Crippen LogP contribution >= 0.6 is 0 Å². The van der Waals surface area contributed by atoms with Crippen LogP contribution in [0, 0.1) is 0 Å². The van der Waals surface area contributed by atoms with Gasteiger partial charge in [-0.2, -0.15) is 0 Å². The molecule has 0 spiro atoms. The molecule has 1 atom stereocenters. The van der Waals surface area contributed by atoms with Gasteiger partial charge in [-0.3, -0.25) is 0 Å². The Morgan fingerprint density at radius 2 is 1.75 bits per heavy atom. The van der Waals surface area contributed by atoms with Gasteiger partial charge in [0.1, 0.15) is 5.75 Å². The van der Waals surface area contributed by atoms with Crippen molar-refractivity contribution in [1.29, 1.82) is 0 Å². The van der Waals surface area contributed by atoms with E-state index in [2.05, 4.69) is 0 Å². The van der Waals surface area contributed by atoms with E-state index < -0.39 is 6.10 Å². The van der Waals surface area contributed by atoms with Crippen LogP contribution in [0.5, 0.6) is 5.75 Å². The second-order valence-corrected chi connectivity index (χ2v) is 3.79. The quantitative estimate of drug-likeness (QED) is 0.723. The number of ether oxygens (including phenoxy) is 2. The molecule has 90 valence electrons. The van der Waals surface area contributed by atoms with Crippen LogP contribution < -0.4 is 4.74 Å². The molecule has 3 nitrogen and oxygen atoms in total. The van der Waals surface area contributed by atoms with Crippen molar-refractivity contribution in [2.24, 2.45) is 0 Å². The van der Waals surface area contributed by atoms with Crippen molar-refractivity contribution < 1.29 is 14.6 Å². The molecule has 0 amide bonds. The van der Waals surface area contributed by atoms with Gasteiger partial charge in [-0.1, -0.05) is 12.1 Å². The lowest BCUT2D eigenvalue weighted by Gasteiger charge is -2.08. The second kappa shape index (κ2) is 7.25. The fourth-order valence-electron chi connectivity index (χ4n) is 1.38. The number of rotatable bonds is 7. The summed E-state index contributed by atoms with van der Waals surface area (Å²) in [4.78, 5) is 0. The van der Waals surface area contributed by atoms with Crippen molar-refractivity contribution in [3.8, 4) is 5.75 Å². The molecule has 0 heterocycles. The molecule has 0 aliphatic rings. The van der Waals surface area contributed by atoms with E-state index >= 15 is 0 Å². The van der Waals surface area contributed by atoms with E-state index in [0.717, 1.165) is 30.8 Å². The maximum absolute atomic E-state index is 9.33. The van der Waals surface area contributed by atoms with Crippen molar-refractivity contribution in [1.82, 2.24) is 0 Å². The summed E-state index contributed by atoms with van der Waals surface area (Å²) in [6.07, 6.45) is 1.59. The lowest BCUT2D eigenvalue weighted by Crippen LogP contribution is -2.00. The molecule has 0 fully saturated rings. The molecule has 0 radical (unpaired) electrons. The molecule has 0 saturated carbocycles. The van der Waals surface area contributed by atoms with E-state index in [1.807, 2.05) is 24.3 Å². The zero-order valence-corrected chi connectivity index (χ0v) is 9.98. The van der Waals surface area contributed by atoms with E-state index in [1.54, 1.807) is 14.0 Å². The molecule has 0 bridgehead atoms. The van der Waals surface area contributed by atoms with Crippen molar-refractivity contribution in [3.63, 3.8) is 0 Å². The zero-order valence-electron chi connectivity index (χ0n) is 9.98. The van der Waals surface area contributed by atoms with E-state index in [4.69, 9.17) is 9.47 Å². The summed E-state index contributed by atoms with van der Waals surface area (Å²) in [7, 11) is 1.70. The Kier molecular flexibility index (Phi) is 5.90. The predicted octanol–water partition coefficient (Wildman–Crippen LogP) is 2.55. The third-order valence-electron chi connectivity index (χ3n) is 2.37. The van der Waals surface area contributed by atoms with E-state index in [1.165, 1.54) is 0 Å². The fraction of sp³-hybridized carbons (Fsp3) is 0.538. The standard InChI is InChI=1S/C13H20O3/c1-11(14)12-5-7-13(8-6-12)16-10-4-3-9-15-2/h5-8,11,14H,3-4,9-10H2,1-2H3/t11-/m0/s1. The normalized spacial score (nSPS) is 12.4. The highest BCUT2D eigenvalue weighted by Gasteiger charge is 2.00. The summed E-state index contributed by atoms with van der Waals surface area (Å²) in [6.45, 7) is 3.24. The van der Waals surface area contributed by atoms with Crippen LogP contribution in [0.1, 0.15) is 31.4 Å². The topological polar surface area (TPSA) is 38.7 Å². The van der Waals surface area contributed by atoms with Crippen LogP contribution in [0.2, 0.25) is 0 Å². The van der Waals surface area contributed by atoms with E-state index in [9.17, 15) is 5.11 Å². The minimum absolute atomic E-state index is 0.421. The molecule has 3 heteroatoms. The van der Waals surface area contributed by atoms with Gasteiger partial charge in [0.25, 0.3) is 0 Å². The van der Waals surface area contributed by atoms with Gasteiger partial charge >= 0.3 is 0 Å². The molecular weight excluding hydrogens is 204 g/mol. The zero-order chi connectivity index (χ0) is 11.8. The Labute approximate surface area is 97.0 Å². The number of benzene rings is 1. The van der Waals surface area contributed by atoms with Crippen LogP contribution in [0.25, 0.3) is 0 Å². The molecule has 1 aromatic rings. The van der Waals surface area contributed by atoms with Gasteiger partial charge in [0.05, 0.1) is 12.7 Å². The highest BCUT2D eigenvalue weighted by atomic mass is 16.5. The maximum atomic E-state index is 9.33. The summed E-state index contributed by atoms with van der Waals surface area (Å²) in [5, 5.41) is 9.33. The Morgan fingerprint density at radius 1 is 1.12 bits per heavy atom. The first-order valence-corrected chi connectivity index (χ1v) is 5.64. The molecule has 1 aromatic carbocycles. The highest BCUT2D eigenvalue weighted by molar-refractivity contribution is 5.28. The number of unbranched alkanes of at least 4 members (excludes halogenated alkanes) is 1. The lowest BCUT2D eigenvalue weighted by atomic mass is 10.1. The van der Waals surface area contributed by atoms with Gasteiger partial charge in [-0.25, -0.2) is 0 Å². The van der Waals surface area contributed by atoms with Gasteiger partial charge in [0.15, 0.2) is 0 Å². The Morgan fingerprint density at radius 3 is 2.31 bits per heavy atom. The Balaban J connectivity index is 2.27. The first-order valence-electron chi connectivity index (χ1n) is 5.64. The van der Waals surface area contributed by atoms with Crippen LogP contribution in [-0.4, -0.2) is 25.4 Å². The number of methoxy groups -OCH3 is 1. The molecule has 0 aliphatic carbocycles. The lowest BCUT2D eigenvalue weighted by molar-refractivity contribution is 0.184. The number of hydrogen-bond acceptors (Lipinski definition) is 3. The largest absolute Gasteiger partial charge is 0.494 e. The summed E-state index contributed by atoms with van der Waals surface area (Å²) >= 11 is 0. The van der Waals surface area contributed by atoms with Crippen LogP contribution in [-0.2, 0) is 4.74 Å². The SMILES string of the molecule is COCCCCOc1ccc([C@H](C)O)cc1. The van der Waals surface area contributed by atoms with E-state index in [0.29, 0.717) is 6.61 Å². The Bertz CT molecular complexity index is 280. The number of hydrogen-bond donors (Lipinski definition) is 1. The monoisotopic (exact) mass is 224 g/mol. The molecule has 0 saturated heterocycles. The molecule has 1 rings (SSSR count). The molecule has 0 aliphatic heterocycles. The van der Waals surface area contributed by atoms with Crippen LogP contribution in [0.15, 0.2) is 24.3 Å². The van der Waals surface area contributed by atoms with Crippen LogP contribution in [0.4, 0.5) is 0 Å². The predicted molar refractivity (Wildman–Crippen MR) is 63.7 cm³/mol. The van der Waals surface area contributed by atoms with Gasteiger partial charge in [-0.05, 0) is 37.5 Å². The summed E-state index contributed by atoms with van der Waals surface area (Å²) in [5.74, 6) is 0.849. The summed E-state index contributed by atoms with van der Waals surface area (Å²) < 4.78 is 10.5. The van der Waals surface area contributed by atoms with Crippen molar-refractivity contribution in [2.45, 2.75) is 25.9 Å².